The fraction of sp³-hybridized carbons (Fsp3) is 0.654. The Balaban J connectivity index is 1.61. The molecule has 1 aromatic heterocycles. The van der Waals surface area contributed by atoms with Gasteiger partial charge in [0.2, 0.25) is 0 Å². The lowest BCUT2D eigenvalue weighted by Crippen LogP contribution is -2.58. The summed E-state index contributed by atoms with van der Waals surface area (Å²) in [4.78, 5) is 17.8. The van der Waals surface area contributed by atoms with Gasteiger partial charge in [0.15, 0.2) is 0 Å². The summed E-state index contributed by atoms with van der Waals surface area (Å²) in [6, 6.07) is 5.88. The Morgan fingerprint density at radius 3 is 2.61 bits per heavy atom. The van der Waals surface area contributed by atoms with Crippen molar-refractivity contribution in [3.05, 3.63) is 29.5 Å². The normalized spacial score (nSPS) is 22.7. The number of rotatable bonds is 5. The van der Waals surface area contributed by atoms with E-state index in [2.05, 4.69) is 34.0 Å². The molecule has 3 heterocycles. The molecule has 0 unspecified atom stereocenters. The number of urea groups is 1. The maximum Gasteiger partial charge on any atom is 0.318 e. The number of amides is 2. The highest BCUT2D eigenvalue weighted by molar-refractivity contribution is 5.89. The maximum absolute atomic E-state index is 13.3. The molecule has 2 fully saturated rings. The molecule has 180 valence electrons. The van der Waals surface area contributed by atoms with Gasteiger partial charge >= 0.3 is 6.03 Å². The van der Waals surface area contributed by atoms with Crippen molar-refractivity contribution in [1.82, 2.24) is 19.7 Å². The number of piperidine rings is 1. The number of carbonyl (C=O) groups is 1. The van der Waals surface area contributed by atoms with Crippen LogP contribution in [-0.2, 0) is 12.5 Å². The first-order valence-corrected chi connectivity index (χ1v) is 12.4. The zero-order valence-electron chi connectivity index (χ0n) is 20.4. The Hall–Kier alpha value is -2.25. The van der Waals surface area contributed by atoms with E-state index in [1.54, 1.807) is 7.11 Å². The number of fused-ring (bicyclic) bond motifs is 4. The molecule has 7 nitrogen and oxygen atoms in total. The number of likely N-dealkylation sites (tertiary alicyclic amines) is 1. The molecule has 1 aliphatic carbocycles. The van der Waals surface area contributed by atoms with Crippen LogP contribution in [0, 0.1) is 5.92 Å². The lowest BCUT2D eigenvalue weighted by molar-refractivity contribution is 0.0647. The predicted molar refractivity (Wildman–Crippen MR) is 130 cm³/mol. The van der Waals surface area contributed by atoms with E-state index in [0.29, 0.717) is 6.54 Å². The SMILES string of the molecule is COc1ccc2c3c(n(C)c2c1)[C@@H](CO)N(C(=O)NC(C)C)CC31CCN(CC2CC2)CC1. The smallest absolute Gasteiger partial charge is 0.318 e. The summed E-state index contributed by atoms with van der Waals surface area (Å²) < 4.78 is 7.70. The maximum atomic E-state index is 13.3. The van der Waals surface area contributed by atoms with Crippen molar-refractivity contribution < 1.29 is 14.6 Å². The number of ether oxygens (including phenoxy) is 1. The lowest BCUT2D eigenvalue weighted by atomic mass is 9.68. The Morgan fingerprint density at radius 1 is 1.27 bits per heavy atom. The molecular formula is C26H38N4O3. The Bertz CT molecular complexity index is 1030. The second-order valence-electron chi connectivity index (χ2n) is 10.7. The van der Waals surface area contributed by atoms with E-state index in [4.69, 9.17) is 4.74 Å². The number of aliphatic hydroxyl groups is 1. The van der Waals surface area contributed by atoms with Gasteiger partial charge in [-0.05, 0) is 76.2 Å². The van der Waals surface area contributed by atoms with Crippen molar-refractivity contribution >= 4 is 16.9 Å². The van der Waals surface area contributed by atoms with E-state index in [-0.39, 0.29) is 30.1 Å². The van der Waals surface area contributed by atoms with E-state index in [1.165, 1.54) is 30.3 Å². The van der Waals surface area contributed by atoms with Gasteiger partial charge in [0.25, 0.3) is 0 Å². The number of aliphatic hydroxyl groups excluding tert-OH is 1. The van der Waals surface area contributed by atoms with Gasteiger partial charge < -0.3 is 29.5 Å². The third-order valence-electron chi connectivity index (χ3n) is 8.02. The topological polar surface area (TPSA) is 70.0 Å². The number of aromatic nitrogens is 1. The molecule has 2 aromatic rings. The van der Waals surface area contributed by atoms with Crippen LogP contribution in [0.1, 0.15) is 56.8 Å². The van der Waals surface area contributed by atoms with Crippen LogP contribution in [0.25, 0.3) is 10.9 Å². The van der Waals surface area contributed by atoms with Crippen molar-refractivity contribution in [2.75, 3.05) is 39.9 Å². The summed E-state index contributed by atoms with van der Waals surface area (Å²) in [5, 5.41) is 14.8. The monoisotopic (exact) mass is 454 g/mol. The molecule has 2 amide bonds. The quantitative estimate of drug-likeness (QED) is 0.727. The number of hydrogen-bond donors (Lipinski definition) is 2. The minimum Gasteiger partial charge on any atom is -0.497 e. The Kier molecular flexibility index (Phi) is 5.81. The van der Waals surface area contributed by atoms with Crippen molar-refractivity contribution in [2.24, 2.45) is 13.0 Å². The van der Waals surface area contributed by atoms with Crippen LogP contribution in [0.15, 0.2) is 18.2 Å². The van der Waals surface area contributed by atoms with Gasteiger partial charge in [0, 0.05) is 48.7 Å². The van der Waals surface area contributed by atoms with Crippen LogP contribution in [0.2, 0.25) is 0 Å². The Labute approximate surface area is 196 Å². The van der Waals surface area contributed by atoms with Crippen LogP contribution in [-0.4, -0.2) is 71.4 Å². The molecule has 2 aliphatic heterocycles. The number of methoxy groups -OCH3 is 1. The van der Waals surface area contributed by atoms with E-state index in [9.17, 15) is 9.90 Å². The molecule has 1 aromatic carbocycles. The van der Waals surface area contributed by atoms with E-state index in [1.807, 2.05) is 24.8 Å². The van der Waals surface area contributed by atoms with Gasteiger partial charge in [0.1, 0.15) is 5.75 Å². The fourth-order valence-electron chi connectivity index (χ4n) is 6.14. The summed E-state index contributed by atoms with van der Waals surface area (Å²) >= 11 is 0. The predicted octanol–water partition coefficient (Wildman–Crippen LogP) is 3.40. The largest absolute Gasteiger partial charge is 0.497 e. The zero-order valence-corrected chi connectivity index (χ0v) is 20.4. The number of aryl methyl sites for hydroxylation is 1. The molecule has 0 radical (unpaired) electrons. The van der Waals surface area contributed by atoms with Crippen LogP contribution < -0.4 is 10.1 Å². The highest BCUT2D eigenvalue weighted by atomic mass is 16.5. The second-order valence-corrected chi connectivity index (χ2v) is 10.7. The molecule has 5 rings (SSSR count). The number of hydrogen-bond acceptors (Lipinski definition) is 4. The van der Waals surface area contributed by atoms with Crippen molar-refractivity contribution in [3.8, 4) is 5.75 Å². The number of carbonyl (C=O) groups excluding carboxylic acids is 1. The van der Waals surface area contributed by atoms with Crippen LogP contribution >= 0.6 is 0 Å². The standard InChI is InChI=1S/C26H38N4O3/c1-17(2)27-25(32)30-16-26(9-11-29(12-10-26)14-18-5-6-18)23-20-8-7-19(33-4)13-21(20)28(3)24(23)22(30)15-31/h7-8,13,17-18,22,31H,5-6,9-12,14-16H2,1-4H3,(H,27,32)/t22-/m1/s1. The molecule has 0 bridgehead atoms. The zero-order chi connectivity index (χ0) is 23.3. The highest BCUT2D eigenvalue weighted by Crippen LogP contribution is 2.50. The number of nitrogens with one attached hydrogen (secondary N) is 1. The first-order chi connectivity index (χ1) is 15.9. The van der Waals surface area contributed by atoms with Crippen molar-refractivity contribution in [2.45, 2.75) is 57.0 Å². The van der Waals surface area contributed by atoms with Gasteiger partial charge in [-0.15, -0.1) is 0 Å². The molecule has 2 N–H and O–H groups in total. The highest BCUT2D eigenvalue weighted by Gasteiger charge is 2.49. The molecule has 33 heavy (non-hydrogen) atoms. The minimum absolute atomic E-state index is 0.0475. The van der Waals surface area contributed by atoms with Gasteiger partial charge in [-0.1, -0.05) is 0 Å². The summed E-state index contributed by atoms with van der Waals surface area (Å²) in [6.45, 7) is 7.85. The van der Waals surface area contributed by atoms with E-state index < -0.39 is 0 Å². The molecule has 3 aliphatic rings. The minimum atomic E-state index is -0.364. The lowest BCUT2D eigenvalue weighted by Gasteiger charge is -2.50. The van der Waals surface area contributed by atoms with Crippen LogP contribution in [0.4, 0.5) is 4.79 Å². The van der Waals surface area contributed by atoms with E-state index in [0.717, 1.165) is 48.8 Å². The van der Waals surface area contributed by atoms with Crippen LogP contribution in [0.3, 0.4) is 0 Å². The number of benzene rings is 1. The van der Waals surface area contributed by atoms with Gasteiger partial charge in [0.05, 0.1) is 25.3 Å². The van der Waals surface area contributed by atoms with E-state index >= 15 is 0 Å². The summed E-state index contributed by atoms with van der Waals surface area (Å²) in [5.74, 6) is 1.71. The molecular weight excluding hydrogens is 416 g/mol. The molecule has 1 saturated heterocycles. The third-order valence-corrected chi connectivity index (χ3v) is 8.02. The number of nitrogens with zero attached hydrogens (tertiary/aromatic N) is 3. The van der Waals surface area contributed by atoms with Gasteiger partial charge in [-0.3, -0.25) is 0 Å². The second kappa shape index (κ2) is 8.51. The first kappa shape index (κ1) is 22.5. The van der Waals surface area contributed by atoms with Gasteiger partial charge in [-0.2, -0.15) is 0 Å². The summed E-state index contributed by atoms with van der Waals surface area (Å²) in [6.07, 6.45) is 4.81. The van der Waals surface area contributed by atoms with Crippen molar-refractivity contribution in [1.29, 1.82) is 0 Å². The molecule has 1 saturated carbocycles. The molecule has 1 atom stereocenters. The fourth-order valence-corrected chi connectivity index (χ4v) is 6.14. The summed E-state index contributed by atoms with van der Waals surface area (Å²) in [5.41, 5.74) is 3.40. The first-order valence-electron chi connectivity index (χ1n) is 12.4. The average Bonchev–Trinajstić information content (AvgIpc) is 3.57. The Morgan fingerprint density at radius 2 is 2.00 bits per heavy atom. The van der Waals surface area contributed by atoms with Crippen LogP contribution in [0.5, 0.6) is 5.75 Å². The molecule has 7 heteroatoms. The van der Waals surface area contributed by atoms with Crippen molar-refractivity contribution in [3.63, 3.8) is 0 Å². The third kappa shape index (κ3) is 3.89. The van der Waals surface area contributed by atoms with Gasteiger partial charge in [-0.25, -0.2) is 4.79 Å². The molecule has 1 spiro atoms. The summed E-state index contributed by atoms with van der Waals surface area (Å²) in [7, 11) is 3.75. The average molecular weight is 455 g/mol.